The third-order valence-corrected chi connectivity index (χ3v) is 3.56. The van der Waals surface area contributed by atoms with Crippen molar-refractivity contribution in [3.63, 3.8) is 0 Å². The van der Waals surface area contributed by atoms with Crippen molar-refractivity contribution < 1.29 is 4.39 Å². The maximum atomic E-state index is 13.2. The van der Waals surface area contributed by atoms with Crippen LogP contribution in [0, 0.1) is 11.7 Å². The molecule has 0 bridgehead atoms. The fourth-order valence-electron chi connectivity index (χ4n) is 2.28. The van der Waals surface area contributed by atoms with Gasteiger partial charge in [-0.2, -0.15) is 0 Å². The summed E-state index contributed by atoms with van der Waals surface area (Å²) in [5.74, 6) is 0.238. The lowest BCUT2D eigenvalue weighted by Crippen LogP contribution is -2.25. The Kier molecular flexibility index (Phi) is 5.16. The van der Waals surface area contributed by atoms with Gasteiger partial charge in [0.15, 0.2) is 0 Å². The van der Waals surface area contributed by atoms with E-state index in [-0.39, 0.29) is 11.9 Å². The van der Waals surface area contributed by atoms with Gasteiger partial charge in [-0.25, -0.2) is 4.39 Å². The number of hydrogen-bond acceptors (Lipinski definition) is 1. The molecule has 1 N–H and O–H groups in total. The third kappa shape index (κ3) is 4.06. The van der Waals surface area contributed by atoms with Gasteiger partial charge in [0, 0.05) is 17.6 Å². The summed E-state index contributed by atoms with van der Waals surface area (Å²) in [4.78, 5) is 0. The average molecular weight is 292 g/mol. The summed E-state index contributed by atoms with van der Waals surface area (Å²) < 4.78 is 13.2. The van der Waals surface area contributed by atoms with Crippen LogP contribution in [-0.4, -0.2) is 0 Å². The van der Waals surface area contributed by atoms with Crippen LogP contribution in [0.3, 0.4) is 0 Å². The van der Waals surface area contributed by atoms with Gasteiger partial charge in [0.2, 0.25) is 0 Å². The molecule has 2 aromatic carbocycles. The summed E-state index contributed by atoms with van der Waals surface area (Å²) in [6, 6.07) is 14.8. The second-order valence-electron chi connectivity index (χ2n) is 5.28. The van der Waals surface area contributed by atoms with Gasteiger partial charge in [-0.05, 0) is 41.3 Å². The van der Waals surface area contributed by atoms with Gasteiger partial charge in [-0.15, -0.1) is 0 Å². The Hall–Kier alpha value is -1.38. The molecule has 0 fully saturated rings. The summed E-state index contributed by atoms with van der Waals surface area (Å²) in [7, 11) is 0. The first-order chi connectivity index (χ1) is 9.56. The lowest BCUT2D eigenvalue weighted by molar-refractivity contribution is 0.410. The molecule has 2 aromatic rings. The van der Waals surface area contributed by atoms with Crippen LogP contribution in [-0.2, 0) is 6.54 Å². The zero-order chi connectivity index (χ0) is 14.5. The highest BCUT2D eigenvalue weighted by Gasteiger charge is 2.15. The Labute approximate surface area is 124 Å². The second kappa shape index (κ2) is 6.87. The summed E-state index contributed by atoms with van der Waals surface area (Å²) in [5.41, 5.74) is 2.14. The summed E-state index contributed by atoms with van der Waals surface area (Å²) in [6.45, 7) is 4.97. The minimum absolute atomic E-state index is 0.197. The van der Waals surface area contributed by atoms with Crippen molar-refractivity contribution >= 4 is 11.6 Å². The Morgan fingerprint density at radius 3 is 2.40 bits per heavy atom. The fourth-order valence-corrected chi connectivity index (χ4v) is 2.41. The maximum absolute atomic E-state index is 13.2. The topological polar surface area (TPSA) is 12.0 Å². The molecule has 0 spiro atoms. The van der Waals surface area contributed by atoms with Crippen LogP contribution in [0.4, 0.5) is 4.39 Å². The molecule has 106 valence electrons. The van der Waals surface area contributed by atoms with Crippen LogP contribution >= 0.6 is 11.6 Å². The van der Waals surface area contributed by atoms with E-state index in [2.05, 4.69) is 19.2 Å². The molecule has 1 unspecified atom stereocenters. The van der Waals surface area contributed by atoms with Gasteiger partial charge in [0.1, 0.15) is 5.82 Å². The van der Waals surface area contributed by atoms with E-state index in [1.807, 2.05) is 30.3 Å². The molecule has 0 heterocycles. The van der Waals surface area contributed by atoms with Gasteiger partial charge in [-0.1, -0.05) is 49.7 Å². The molecule has 1 atom stereocenters. The van der Waals surface area contributed by atoms with Gasteiger partial charge in [0.05, 0.1) is 0 Å². The molecule has 0 aromatic heterocycles. The predicted molar refractivity (Wildman–Crippen MR) is 82.3 cm³/mol. The van der Waals surface area contributed by atoms with Crippen molar-refractivity contribution in [1.82, 2.24) is 5.32 Å². The van der Waals surface area contributed by atoms with Crippen LogP contribution in [0.2, 0.25) is 5.02 Å². The van der Waals surface area contributed by atoms with Gasteiger partial charge < -0.3 is 5.32 Å². The first-order valence-corrected chi connectivity index (χ1v) is 7.17. The van der Waals surface area contributed by atoms with E-state index in [0.29, 0.717) is 12.5 Å². The van der Waals surface area contributed by atoms with E-state index in [9.17, 15) is 4.39 Å². The molecular weight excluding hydrogens is 273 g/mol. The van der Waals surface area contributed by atoms with Crippen molar-refractivity contribution in [1.29, 1.82) is 0 Å². The van der Waals surface area contributed by atoms with Crippen LogP contribution < -0.4 is 5.32 Å². The molecule has 2 rings (SSSR count). The average Bonchev–Trinajstić information content (AvgIpc) is 2.41. The van der Waals surface area contributed by atoms with Crippen molar-refractivity contribution in [3.05, 3.63) is 70.5 Å². The highest BCUT2D eigenvalue weighted by atomic mass is 35.5. The predicted octanol–water partition coefficient (Wildman–Crippen LogP) is 4.97. The van der Waals surface area contributed by atoms with E-state index >= 15 is 0 Å². The van der Waals surface area contributed by atoms with E-state index in [1.165, 1.54) is 11.6 Å². The van der Waals surface area contributed by atoms with Gasteiger partial charge >= 0.3 is 0 Å². The first kappa shape index (κ1) is 15.0. The molecule has 1 nitrogen and oxygen atoms in total. The smallest absolute Gasteiger partial charge is 0.123 e. The number of rotatable bonds is 5. The van der Waals surface area contributed by atoms with Crippen molar-refractivity contribution in [2.75, 3.05) is 0 Å². The minimum atomic E-state index is -0.197. The van der Waals surface area contributed by atoms with Crippen molar-refractivity contribution in [3.8, 4) is 0 Å². The Bertz CT molecular complexity index is 551. The van der Waals surface area contributed by atoms with Crippen molar-refractivity contribution in [2.24, 2.45) is 5.92 Å². The summed E-state index contributed by atoms with van der Waals surface area (Å²) in [5, 5.41) is 4.23. The Balaban J connectivity index is 2.08. The normalized spacial score (nSPS) is 12.7. The fraction of sp³-hybridized carbons (Fsp3) is 0.294. The van der Waals surface area contributed by atoms with Crippen LogP contribution in [0.5, 0.6) is 0 Å². The molecule has 0 saturated heterocycles. The molecule has 0 aliphatic rings. The maximum Gasteiger partial charge on any atom is 0.123 e. The molecule has 0 radical (unpaired) electrons. The number of benzene rings is 2. The first-order valence-electron chi connectivity index (χ1n) is 6.79. The summed E-state index contributed by atoms with van der Waals surface area (Å²) in [6.07, 6.45) is 0. The molecule has 0 amide bonds. The molecule has 0 aliphatic carbocycles. The number of nitrogens with one attached hydrogen (secondary N) is 1. The number of halogens is 2. The highest BCUT2D eigenvalue weighted by molar-refractivity contribution is 6.30. The molecular formula is C17H19ClFN. The van der Waals surface area contributed by atoms with Crippen molar-refractivity contribution in [2.45, 2.75) is 26.4 Å². The standard InChI is InChI=1S/C17H19ClFN/c1-12(2)17(14-6-8-15(18)9-7-14)20-11-13-4-3-5-16(19)10-13/h3-10,12,17,20H,11H2,1-2H3. The van der Waals surface area contributed by atoms with E-state index < -0.39 is 0 Å². The second-order valence-corrected chi connectivity index (χ2v) is 5.72. The number of hydrogen-bond donors (Lipinski definition) is 1. The molecule has 0 aliphatic heterocycles. The molecule has 3 heteroatoms. The van der Waals surface area contributed by atoms with Gasteiger partial charge in [0.25, 0.3) is 0 Å². The van der Waals surface area contributed by atoms with E-state index in [4.69, 9.17) is 11.6 Å². The summed E-state index contributed by atoms with van der Waals surface area (Å²) >= 11 is 5.92. The largest absolute Gasteiger partial charge is 0.306 e. The van der Waals surface area contributed by atoms with E-state index in [1.54, 1.807) is 12.1 Å². The molecule has 0 saturated carbocycles. The highest BCUT2D eigenvalue weighted by Crippen LogP contribution is 2.23. The third-order valence-electron chi connectivity index (χ3n) is 3.31. The van der Waals surface area contributed by atoms with Gasteiger partial charge in [-0.3, -0.25) is 0 Å². The molecule has 20 heavy (non-hydrogen) atoms. The lowest BCUT2D eigenvalue weighted by Gasteiger charge is -2.23. The quantitative estimate of drug-likeness (QED) is 0.820. The zero-order valence-corrected chi connectivity index (χ0v) is 12.5. The van der Waals surface area contributed by atoms with Crippen LogP contribution in [0.1, 0.15) is 31.0 Å². The Morgan fingerprint density at radius 1 is 1.10 bits per heavy atom. The lowest BCUT2D eigenvalue weighted by atomic mass is 9.96. The minimum Gasteiger partial charge on any atom is -0.306 e. The van der Waals surface area contributed by atoms with Crippen LogP contribution in [0.15, 0.2) is 48.5 Å². The Morgan fingerprint density at radius 2 is 1.80 bits per heavy atom. The van der Waals surface area contributed by atoms with E-state index in [0.717, 1.165) is 10.6 Å². The van der Waals surface area contributed by atoms with Crippen LogP contribution in [0.25, 0.3) is 0 Å². The zero-order valence-electron chi connectivity index (χ0n) is 11.7. The monoisotopic (exact) mass is 291 g/mol. The SMILES string of the molecule is CC(C)C(NCc1cccc(F)c1)c1ccc(Cl)cc1.